The van der Waals surface area contributed by atoms with Crippen molar-refractivity contribution >= 4 is 45.1 Å². The normalized spacial score (nSPS) is 17.6. The van der Waals surface area contributed by atoms with Crippen LogP contribution >= 0.6 is 11.3 Å². The minimum absolute atomic E-state index is 0.0604. The van der Waals surface area contributed by atoms with E-state index in [1.807, 2.05) is 48.7 Å². The van der Waals surface area contributed by atoms with Gasteiger partial charge in [-0.1, -0.05) is 29.4 Å². The molecule has 3 heterocycles. The highest BCUT2D eigenvalue weighted by molar-refractivity contribution is 7.89. The van der Waals surface area contributed by atoms with E-state index in [0.717, 1.165) is 16.1 Å². The van der Waals surface area contributed by atoms with E-state index >= 15 is 0 Å². The van der Waals surface area contributed by atoms with Gasteiger partial charge in [-0.25, -0.2) is 8.42 Å². The van der Waals surface area contributed by atoms with Crippen LogP contribution in [0.15, 0.2) is 51.2 Å². The van der Waals surface area contributed by atoms with Gasteiger partial charge in [0.1, 0.15) is 5.69 Å². The van der Waals surface area contributed by atoms with Crippen LogP contribution in [0.3, 0.4) is 0 Å². The maximum absolute atomic E-state index is 13.5. The van der Waals surface area contributed by atoms with Crippen molar-refractivity contribution in [2.24, 2.45) is 5.92 Å². The quantitative estimate of drug-likeness (QED) is 0.569. The number of rotatable bonds is 6. The highest BCUT2D eigenvalue weighted by Crippen LogP contribution is 2.30. The Morgan fingerprint density at radius 1 is 1.22 bits per heavy atom. The van der Waals surface area contributed by atoms with E-state index in [4.69, 9.17) is 4.52 Å². The Balaban J connectivity index is 1.54. The van der Waals surface area contributed by atoms with Gasteiger partial charge in [0.05, 0.1) is 5.92 Å². The monoisotopic (exact) mass is 471 g/mol. The summed E-state index contributed by atoms with van der Waals surface area (Å²) in [6, 6.07) is 11.4. The van der Waals surface area contributed by atoms with Gasteiger partial charge in [0, 0.05) is 23.7 Å². The van der Waals surface area contributed by atoms with E-state index in [2.05, 4.69) is 10.5 Å². The van der Waals surface area contributed by atoms with E-state index in [0.29, 0.717) is 25.1 Å². The summed E-state index contributed by atoms with van der Waals surface area (Å²) >= 11 is 1.54. The van der Waals surface area contributed by atoms with E-state index in [1.165, 1.54) is 4.31 Å². The zero-order valence-corrected chi connectivity index (χ0v) is 19.6. The molecule has 1 atom stereocenters. The summed E-state index contributed by atoms with van der Waals surface area (Å²) in [4.78, 5) is 13.9. The van der Waals surface area contributed by atoms with Crippen LogP contribution < -0.4 is 5.32 Å². The number of aryl methyl sites for hydroxylation is 2. The van der Waals surface area contributed by atoms with Crippen LogP contribution in [0.4, 0.5) is 5.69 Å². The van der Waals surface area contributed by atoms with Crippen LogP contribution in [0.2, 0.25) is 0 Å². The summed E-state index contributed by atoms with van der Waals surface area (Å²) in [7, 11) is -3.87. The SMILES string of the molecule is Cc1ccccc1NC(=O)C1CCCN(S(=O)(=O)c2c(C)noc2/C=C/c2cccs2)C1. The van der Waals surface area contributed by atoms with Gasteiger partial charge in [-0.05, 0) is 61.9 Å². The molecular formula is C23H25N3O4S2. The first kappa shape index (κ1) is 22.4. The molecular weight excluding hydrogens is 446 g/mol. The molecule has 0 radical (unpaired) electrons. The Labute approximate surface area is 191 Å². The maximum atomic E-state index is 13.5. The highest BCUT2D eigenvalue weighted by atomic mass is 32.2. The molecule has 0 aliphatic carbocycles. The molecule has 2 aromatic heterocycles. The van der Waals surface area contributed by atoms with Crippen molar-refractivity contribution in [3.63, 3.8) is 0 Å². The van der Waals surface area contributed by atoms with Crippen molar-refractivity contribution < 1.29 is 17.7 Å². The number of amides is 1. The number of carbonyl (C=O) groups is 1. The number of para-hydroxylation sites is 1. The maximum Gasteiger partial charge on any atom is 0.248 e. The Morgan fingerprint density at radius 3 is 2.78 bits per heavy atom. The van der Waals surface area contributed by atoms with E-state index in [9.17, 15) is 13.2 Å². The fourth-order valence-electron chi connectivity index (χ4n) is 3.79. The van der Waals surface area contributed by atoms with Crippen molar-refractivity contribution in [1.82, 2.24) is 9.46 Å². The molecule has 7 nitrogen and oxygen atoms in total. The molecule has 1 saturated heterocycles. The van der Waals surface area contributed by atoms with Crippen molar-refractivity contribution in [3.05, 3.63) is 63.7 Å². The Bertz CT molecular complexity index is 1230. The molecule has 4 rings (SSSR count). The summed E-state index contributed by atoms with van der Waals surface area (Å²) < 4.78 is 33.7. The number of sulfonamides is 1. The lowest BCUT2D eigenvalue weighted by Gasteiger charge is -2.31. The average Bonchev–Trinajstić information content (AvgIpc) is 3.43. The topological polar surface area (TPSA) is 92.5 Å². The zero-order valence-electron chi connectivity index (χ0n) is 17.9. The number of anilines is 1. The molecule has 3 aromatic rings. The predicted molar refractivity (Wildman–Crippen MR) is 126 cm³/mol. The van der Waals surface area contributed by atoms with Gasteiger partial charge in [0.15, 0.2) is 10.7 Å². The fraction of sp³-hybridized carbons (Fsp3) is 0.304. The van der Waals surface area contributed by atoms with Gasteiger partial charge in [-0.2, -0.15) is 4.31 Å². The van der Waals surface area contributed by atoms with Gasteiger partial charge in [0.25, 0.3) is 0 Å². The van der Waals surface area contributed by atoms with Crippen molar-refractivity contribution in [2.75, 3.05) is 18.4 Å². The second-order valence-electron chi connectivity index (χ2n) is 7.82. The number of carbonyl (C=O) groups excluding carboxylic acids is 1. The van der Waals surface area contributed by atoms with Crippen molar-refractivity contribution in [2.45, 2.75) is 31.6 Å². The van der Waals surface area contributed by atoms with Gasteiger partial charge < -0.3 is 9.84 Å². The summed E-state index contributed by atoms with van der Waals surface area (Å²) in [6.45, 7) is 4.02. The molecule has 1 aliphatic heterocycles. The lowest BCUT2D eigenvalue weighted by molar-refractivity contribution is -0.120. The largest absolute Gasteiger partial charge is 0.355 e. The van der Waals surface area contributed by atoms with Crippen molar-refractivity contribution in [1.29, 1.82) is 0 Å². The number of thiophene rings is 1. The zero-order chi connectivity index (χ0) is 22.7. The lowest BCUT2D eigenvalue weighted by atomic mass is 9.98. The predicted octanol–water partition coefficient (Wildman–Crippen LogP) is 4.56. The molecule has 1 amide bonds. The molecule has 0 saturated carbocycles. The number of aromatic nitrogens is 1. The third-order valence-electron chi connectivity index (χ3n) is 5.53. The van der Waals surface area contributed by atoms with Crippen LogP contribution in [-0.4, -0.2) is 36.9 Å². The third kappa shape index (κ3) is 4.69. The van der Waals surface area contributed by atoms with E-state index < -0.39 is 15.9 Å². The second-order valence-corrected chi connectivity index (χ2v) is 10.7. The minimum Gasteiger partial charge on any atom is -0.355 e. The van der Waals surface area contributed by atoms with Gasteiger partial charge in [0.2, 0.25) is 15.9 Å². The molecule has 0 spiro atoms. The molecule has 9 heteroatoms. The molecule has 32 heavy (non-hydrogen) atoms. The summed E-state index contributed by atoms with van der Waals surface area (Å²) in [6.07, 6.45) is 4.68. The first-order valence-corrected chi connectivity index (χ1v) is 12.7. The van der Waals surface area contributed by atoms with Crippen LogP contribution in [0.5, 0.6) is 0 Å². The smallest absolute Gasteiger partial charge is 0.248 e. The molecule has 1 unspecified atom stereocenters. The highest BCUT2D eigenvalue weighted by Gasteiger charge is 2.37. The van der Waals surface area contributed by atoms with Crippen LogP contribution in [0.1, 0.15) is 34.7 Å². The minimum atomic E-state index is -3.87. The number of piperidine rings is 1. The van der Waals surface area contributed by atoms with E-state index in [-0.39, 0.29) is 23.1 Å². The molecule has 1 fully saturated rings. The van der Waals surface area contributed by atoms with Gasteiger partial charge in [-0.15, -0.1) is 11.3 Å². The Hall–Kier alpha value is -2.75. The molecule has 1 aliphatic rings. The Kier molecular flexibility index (Phi) is 6.59. The summed E-state index contributed by atoms with van der Waals surface area (Å²) in [5.41, 5.74) is 2.01. The second kappa shape index (κ2) is 9.40. The number of nitrogens with one attached hydrogen (secondary N) is 1. The van der Waals surface area contributed by atoms with Gasteiger partial charge >= 0.3 is 0 Å². The van der Waals surface area contributed by atoms with Gasteiger partial charge in [-0.3, -0.25) is 4.79 Å². The molecule has 1 aromatic carbocycles. The standard InChI is InChI=1S/C23H25N3O4S2/c1-16-7-3-4-10-20(16)24-23(27)18-8-5-13-26(15-18)32(28,29)22-17(2)25-30-21(22)12-11-19-9-6-14-31-19/h3-4,6-7,9-12,14,18H,5,8,13,15H2,1-2H3,(H,24,27)/b12-11+. The number of hydrogen-bond acceptors (Lipinski definition) is 6. The van der Waals surface area contributed by atoms with Crippen molar-refractivity contribution in [3.8, 4) is 0 Å². The fourth-order valence-corrected chi connectivity index (χ4v) is 6.19. The molecule has 0 bridgehead atoms. The molecule has 1 N–H and O–H groups in total. The molecule has 168 valence electrons. The van der Waals surface area contributed by atoms with Crippen LogP contribution in [0.25, 0.3) is 12.2 Å². The number of benzene rings is 1. The van der Waals surface area contributed by atoms with Crippen LogP contribution in [-0.2, 0) is 14.8 Å². The Morgan fingerprint density at radius 2 is 2.03 bits per heavy atom. The summed E-state index contributed by atoms with van der Waals surface area (Å²) in [5, 5.41) is 8.78. The van der Waals surface area contributed by atoms with E-state index in [1.54, 1.807) is 30.4 Å². The number of hydrogen-bond donors (Lipinski definition) is 1. The summed E-state index contributed by atoms with van der Waals surface area (Å²) in [5.74, 6) is -0.398. The van der Waals surface area contributed by atoms with Crippen LogP contribution in [0, 0.1) is 19.8 Å². The average molecular weight is 472 g/mol. The first-order chi connectivity index (χ1) is 15.4. The third-order valence-corrected chi connectivity index (χ3v) is 8.39. The first-order valence-electron chi connectivity index (χ1n) is 10.4. The lowest BCUT2D eigenvalue weighted by Crippen LogP contribution is -2.44. The number of nitrogens with zero attached hydrogens (tertiary/aromatic N) is 2.